The zero-order valence-electron chi connectivity index (χ0n) is 11.3. The van der Waals surface area contributed by atoms with Crippen LogP contribution in [0.4, 0.5) is 13.2 Å². The topological polar surface area (TPSA) is 34.1 Å². The zero-order valence-corrected chi connectivity index (χ0v) is 12.9. The molecule has 0 aromatic heterocycles. The van der Waals surface area contributed by atoms with Gasteiger partial charge in [0.15, 0.2) is 0 Å². The van der Waals surface area contributed by atoms with Gasteiger partial charge in [-0.1, -0.05) is 26.0 Å². The second-order valence-corrected chi connectivity index (χ2v) is 7.60. The van der Waals surface area contributed by atoms with E-state index in [4.69, 9.17) is 11.6 Å². The fraction of sp³-hybridized carbons (Fsp3) is 0.538. The first-order valence-corrected chi connectivity index (χ1v) is 7.96. The molecular weight excluding hydrogens is 313 g/mol. The van der Waals surface area contributed by atoms with Crippen molar-refractivity contribution in [3.63, 3.8) is 0 Å². The highest BCUT2D eigenvalue weighted by Gasteiger charge is 2.46. The molecule has 0 aliphatic rings. The standard InChI is InChI=1S/C13H16ClF3O2S/c1-8(2)12(9(3)14)10-4-6-11(7-5-10)20(18,19)13(15,16)17/h4-9,12H,1-3H3. The van der Waals surface area contributed by atoms with Crippen LogP contribution in [0.2, 0.25) is 0 Å². The molecule has 2 atom stereocenters. The summed E-state index contributed by atoms with van der Waals surface area (Å²) in [4.78, 5) is -0.751. The number of rotatable bonds is 4. The number of alkyl halides is 4. The molecule has 0 spiro atoms. The zero-order chi connectivity index (χ0) is 15.7. The van der Waals surface area contributed by atoms with E-state index in [0.29, 0.717) is 0 Å². The van der Waals surface area contributed by atoms with Crippen LogP contribution in [0.5, 0.6) is 0 Å². The van der Waals surface area contributed by atoms with E-state index in [1.54, 1.807) is 6.92 Å². The molecule has 2 nitrogen and oxygen atoms in total. The normalized spacial score (nSPS) is 16.2. The van der Waals surface area contributed by atoms with Crippen molar-refractivity contribution in [2.45, 2.75) is 42.5 Å². The maximum absolute atomic E-state index is 12.4. The predicted molar refractivity (Wildman–Crippen MR) is 72.6 cm³/mol. The molecule has 1 rings (SSSR count). The van der Waals surface area contributed by atoms with Crippen LogP contribution < -0.4 is 0 Å². The molecular formula is C13H16ClF3O2S. The molecule has 2 unspecified atom stereocenters. The minimum absolute atomic E-state index is 0.0562. The molecule has 0 fully saturated rings. The minimum atomic E-state index is -5.29. The Morgan fingerprint density at radius 2 is 1.50 bits per heavy atom. The van der Waals surface area contributed by atoms with E-state index in [9.17, 15) is 21.6 Å². The van der Waals surface area contributed by atoms with Gasteiger partial charge in [0.2, 0.25) is 0 Å². The average molecular weight is 329 g/mol. The van der Waals surface area contributed by atoms with E-state index in [0.717, 1.165) is 17.7 Å². The van der Waals surface area contributed by atoms with Crippen molar-refractivity contribution in [3.8, 4) is 0 Å². The first kappa shape index (κ1) is 17.3. The van der Waals surface area contributed by atoms with Crippen LogP contribution in [0, 0.1) is 5.92 Å². The summed E-state index contributed by atoms with van der Waals surface area (Å²) in [6.45, 7) is 5.69. The van der Waals surface area contributed by atoms with Crippen molar-refractivity contribution in [2.24, 2.45) is 5.92 Å². The first-order chi connectivity index (χ1) is 8.98. The summed E-state index contributed by atoms with van der Waals surface area (Å²) in [7, 11) is -5.29. The van der Waals surface area contributed by atoms with Crippen LogP contribution in [-0.2, 0) is 9.84 Å². The molecule has 1 aromatic carbocycles. The van der Waals surface area contributed by atoms with Gasteiger partial charge < -0.3 is 0 Å². The van der Waals surface area contributed by atoms with Crippen molar-refractivity contribution in [1.29, 1.82) is 0 Å². The van der Waals surface area contributed by atoms with Gasteiger partial charge in [-0.3, -0.25) is 0 Å². The number of hydrogen-bond acceptors (Lipinski definition) is 2. The lowest BCUT2D eigenvalue weighted by molar-refractivity contribution is -0.0436. The van der Waals surface area contributed by atoms with E-state index in [2.05, 4.69) is 0 Å². The Morgan fingerprint density at radius 1 is 1.05 bits per heavy atom. The Labute approximate surface area is 121 Å². The van der Waals surface area contributed by atoms with E-state index < -0.39 is 20.2 Å². The van der Waals surface area contributed by atoms with Crippen molar-refractivity contribution in [3.05, 3.63) is 29.8 Å². The molecule has 0 saturated carbocycles. The quantitative estimate of drug-likeness (QED) is 0.770. The molecule has 0 heterocycles. The maximum atomic E-state index is 12.4. The van der Waals surface area contributed by atoms with Gasteiger partial charge in [0.1, 0.15) is 0 Å². The van der Waals surface area contributed by atoms with E-state index in [1.807, 2.05) is 13.8 Å². The summed E-state index contributed by atoms with van der Waals surface area (Å²) < 4.78 is 59.8. The summed E-state index contributed by atoms with van der Waals surface area (Å²) in [5.74, 6) is 0.131. The Morgan fingerprint density at radius 3 is 1.80 bits per heavy atom. The van der Waals surface area contributed by atoms with Crippen LogP contribution >= 0.6 is 11.6 Å². The monoisotopic (exact) mass is 328 g/mol. The Balaban J connectivity index is 3.18. The van der Waals surface area contributed by atoms with Gasteiger partial charge in [-0.25, -0.2) is 8.42 Å². The van der Waals surface area contributed by atoms with Gasteiger partial charge in [0.05, 0.1) is 4.90 Å². The summed E-state index contributed by atoms with van der Waals surface area (Å²) in [6.07, 6.45) is 0. The second kappa shape index (κ2) is 5.93. The lowest BCUT2D eigenvalue weighted by atomic mass is 9.86. The second-order valence-electron chi connectivity index (χ2n) is 4.97. The molecule has 0 amide bonds. The molecule has 7 heteroatoms. The molecule has 0 aliphatic carbocycles. The predicted octanol–water partition coefficient (Wildman–Crippen LogP) is 4.35. The SMILES string of the molecule is CC(C)C(c1ccc(S(=O)(=O)C(F)(F)F)cc1)C(C)Cl. The molecule has 0 bridgehead atoms. The van der Waals surface area contributed by atoms with Crippen LogP contribution in [-0.4, -0.2) is 19.3 Å². The molecule has 20 heavy (non-hydrogen) atoms. The lowest BCUT2D eigenvalue weighted by Crippen LogP contribution is -2.23. The van der Waals surface area contributed by atoms with Gasteiger partial charge >= 0.3 is 5.51 Å². The Kier molecular flexibility index (Phi) is 5.13. The van der Waals surface area contributed by atoms with Crippen molar-refractivity contribution in [1.82, 2.24) is 0 Å². The Bertz CT molecular complexity index is 540. The molecule has 0 saturated heterocycles. The molecule has 1 aromatic rings. The van der Waals surface area contributed by atoms with Crippen molar-refractivity contribution in [2.75, 3.05) is 0 Å². The largest absolute Gasteiger partial charge is 0.501 e. The summed E-state index contributed by atoms with van der Waals surface area (Å²) in [5, 5.41) is -0.208. The third-order valence-electron chi connectivity index (χ3n) is 3.09. The highest BCUT2D eigenvalue weighted by Crippen LogP contribution is 2.34. The van der Waals surface area contributed by atoms with Gasteiger partial charge in [0, 0.05) is 11.3 Å². The van der Waals surface area contributed by atoms with Crippen LogP contribution in [0.3, 0.4) is 0 Å². The van der Waals surface area contributed by atoms with Crippen LogP contribution in [0.25, 0.3) is 0 Å². The fourth-order valence-electron chi connectivity index (χ4n) is 2.18. The van der Waals surface area contributed by atoms with Crippen LogP contribution in [0.15, 0.2) is 29.2 Å². The fourth-order valence-corrected chi connectivity index (χ4v) is 3.38. The number of benzene rings is 1. The molecule has 0 aliphatic heterocycles. The lowest BCUT2D eigenvalue weighted by Gasteiger charge is -2.24. The Hall–Kier alpha value is -0.750. The minimum Gasteiger partial charge on any atom is -0.214 e. The molecule has 0 radical (unpaired) electrons. The van der Waals surface area contributed by atoms with Gasteiger partial charge in [-0.15, -0.1) is 11.6 Å². The number of sulfone groups is 1. The van der Waals surface area contributed by atoms with Gasteiger partial charge in [-0.2, -0.15) is 13.2 Å². The maximum Gasteiger partial charge on any atom is 0.501 e. The average Bonchev–Trinajstić information content (AvgIpc) is 2.27. The van der Waals surface area contributed by atoms with E-state index in [-0.39, 0.29) is 17.2 Å². The third kappa shape index (κ3) is 3.47. The van der Waals surface area contributed by atoms with Crippen molar-refractivity contribution >= 4 is 21.4 Å². The molecule has 0 N–H and O–H groups in total. The summed E-state index contributed by atoms with van der Waals surface area (Å²) in [6, 6.07) is 4.74. The molecule has 114 valence electrons. The number of halogens is 4. The van der Waals surface area contributed by atoms with E-state index in [1.165, 1.54) is 12.1 Å². The highest BCUT2D eigenvalue weighted by atomic mass is 35.5. The van der Waals surface area contributed by atoms with E-state index >= 15 is 0 Å². The summed E-state index contributed by atoms with van der Waals surface area (Å²) in [5.41, 5.74) is -4.56. The number of hydrogen-bond donors (Lipinski definition) is 0. The highest BCUT2D eigenvalue weighted by molar-refractivity contribution is 7.92. The van der Waals surface area contributed by atoms with Gasteiger partial charge in [0.25, 0.3) is 9.84 Å². The smallest absolute Gasteiger partial charge is 0.214 e. The summed E-state index contributed by atoms with van der Waals surface area (Å²) >= 11 is 6.08. The van der Waals surface area contributed by atoms with Gasteiger partial charge in [-0.05, 0) is 30.5 Å². The van der Waals surface area contributed by atoms with Crippen molar-refractivity contribution < 1.29 is 21.6 Å². The third-order valence-corrected chi connectivity index (χ3v) is 4.87. The van der Waals surface area contributed by atoms with Crippen LogP contribution in [0.1, 0.15) is 32.3 Å². The first-order valence-electron chi connectivity index (χ1n) is 6.04.